The van der Waals surface area contributed by atoms with Gasteiger partial charge in [-0.1, -0.05) is 11.3 Å². The van der Waals surface area contributed by atoms with Gasteiger partial charge in [-0.3, -0.25) is 5.32 Å². The normalized spacial score (nSPS) is 14.1. The highest BCUT2D eigenvalue weighted by atomic mass is 32.1. The average Bonchev–Trinajstić information content (AvgIpc) is 3.30. The molecule has 3 aromatic heterocycles. The summed E-state index contributed by atoms with van der Waals surface area (Å²) in [5.74, 6) is 1.72. The third kappa shape index (κ3) is 5.50. The van der Waals surface area contributed by atoms with Gasteiger partial charge in [0.05, 0.1) is 23.4 Å². The molecule has 0 aliphatic carbocycles. The van der Waals surface area contributed by atoms with Gasteiger partial charge in [-0.2, -0.15) is 0 Å². The van der Waals surface area contributed by atoms with Gasteiger partial charge in [0.25, 0.3) is 0 Å². The SMILES string of the molecule is CCNC(=O)Nc1nc2cc(-c3cnc(C(C)(C)O)nc3)cc(-c3nccc(N4CCOCC4)n3)c2s1. The number of urea groups is 1. The monoisotopic (exact) mass is 520 g/mol. The molecule has 192 valence electrons. The summed E-state index contributed by atoms with van der Waals surface area (Å²) in [6.45, 7) is 8.48. The van der Waals surface area contributed by atoms with Crippen molar-refractivity contribution in [3.8, 4) is 22.5 Å². The summed E-state index contributed by atoms with van der Waals surface area (Å²) in [6.07, 6.45) is 5.11. The fourth-order valence-corrected chi connectivity index (χ4v) is 4.91. The van der Waals surface area contributed by atoms with Crippen LogP contribution in [0.15, 0.2) is 36.8 Å². The molecule has 3 N–H and O–H groups in total. The number of carbonyl (C=O) groups is 1. The summed E-state index contributed by atoms with van der Waals surface area (Å²) in [6, 6.07) is 5.49. The van der Waals surface area contributed by atoms with Crippen LogP contribution < -0.4 is 15.5 Å². The fraction of sp³-hybridized carbons (Fsp3) is 0.360. The van der Waals surface area contributed by atoms with E-state index in [-0.39, 0.29) is 6.03 Å². The van der Waals surface area contributed by atoms with Gasteiger partial charge in [0.15, 0.2) is 16.8 Å². The summed E-state index contributed by atoms with van der Waals surface area (Å²) >= 11 is 1.36. The Morgan fingerprint density at radius 2 is 1.89 bits per heavy atom. The van der Waals surface area contributed by atoms with Gasteiger partial charge in [0.2, 0.25) is 0 Å². The van der Waals surface area contributed by atoms with Crippen molar-refractivity contribution < 1.29 is 14.6 Å². The summed E-state index contributed by atoms with van der Waals surface area (Å²) in [5, 5.41) is 16.2. The number of fused-ring (bicyclic) bond motifs is 1. The first kappa shape index (κ1) is 24.9. The Labute approximate surface area is 218 Å². The molecule has 1 aromatic carbocycles. The first-order valence-corrected chi connectivity index (χ1v) is 12.8. The third-order valence-corrected chi connectivity index (χ3v) is 6.82. The van der Waals surface area contributed by atoms with Crippen LogP contribution in [0.25, 0.3) is 32.7 Å². The van der Waals surface area contributed by atoms with E-state index in [1.807, 2.05) is 25.1 Å². The van der Waals surface area contributed by atoms with E-state index in [1.54, 1.807) is 32.4 Å². The van der Waals surface area contributed by atoms with Gasteiger partial charge in [-0.05, 0) is 44.5 Å². The number of nitrogens with one attached hydrogen (secondary N) is 2. The van der Waals surface area contributed by atoms with E-state index in [4.69, 9.17) is 9.72 Å². The number of carbonyl (C=O) groups excluding carboxylic acids is 1. The molecule has 0 unspecified atom stereocenters. The predicted molar refractivity (Wildman–Crippen MR) is 143 cm³/mol. The van der Waals surface area contributed by atoms with Gasteiger partial charge in [-0.25, -0.2) is 29.7 Å². The zero-order valence-electron chi connectivity index (χ0n) is 20.9. The number of thiazole rings is 1. The number of morpholine rings is 1. The van der Waals surface area contributed by atoms with Gasteiger partial charge < -0.3 is 20.1 Å². The lowest BCUT2D eigenvalue weighted by atomic mass is 10.0. The Kier molecular flexibility index (Phi) is 6.96. The molecular formula is C25H28N8O3S. The average molecular weight is 521 g/mol. The van der Waals surface area contributed by atoms with Crippen molar-refractivity contribution in [2.45, 2.75) is 26.4 Å². The van der Waals surface area contributed by atoms with Crippen LogP contribution >= 0.6 is 11.3 Å². The van der Waals surface area contributed by atoms with Crippen molar-refractivity contribution in [2.75, 3.05) is 43.1 Å². The maximum atomic E-state index is 12.1. The molecule has 1 aliphatic rings. The highest BCUT2D eigenvalue weighted by Crippen LogP contribution is 2.38. The number of rotatable bonds is 6. The minimum absolute atomic E-state index is 0.315. The molecule has 11 nitrogen and oxygen atoms in total. The number of aromatic nitrogens is 5. The second-order valence-corrected chi connectivity index (χ2v) is 10.1. The van der Waals surface area contributed by atoms with E-state index in [9.17, 15) is 9.90 Å². The number of hydrogen-bond acceptors (Lipinski definition) is 10. The summed E-state index contributed by atoms with van der Waals surface area (Å²) in [5.41, 5.74) is 1.91. The largest absolute Gasteiger partial charge is 0.382 e. The molecule has 37 heavy (non-hydrogen) atoms. The topological polar surface area (TPSA) is 138 Å². The number of nitrogens with zero attached hydrogens (tertiary/aromatic N) is 6. The Hall–Kier alpha value is -3.74. The van der Waals surface area contributed by atoms with Crippen LogP contribution in [0.5, 0.6) is 0 Å². The minimum Gasteiger partial charge on any atom is -0.382 e. The number of amides is 2. The van der Waals surface area contributed by atoms with Crippen molar-refractivity contribution in [2.24, 2.45) is 0 Å². The first-order valence-electron chi connectivity index (χ1n) is 12.0. The van der Waals surface area contributed by atoms with Crippen molar-refractivity contribution in [3.63, 3.8) is 0 Å². The smallest absolute Gasteiger partial charge is 0.321 e. The molecule has 0 radical (unpaired) electrons. The quantitative estimate of drug-likeness (QED) is 0.349. The number of anilines is 2. The van der Waals surface area contributed by atoms with E-state index in [1.165, 1.54) is 11.3 Å². The Balaban J connectivity index is 1.60. The van der Waals surface area contributed by atoms with Crippen LogP contribution in [0, 0.1) is 0 Å². The first-order chi connectivity index (χ1) is 17.8. The van der Waals surface area contributed by atoms with Gasteiger partial charge in [0.1, 0.15) is 11.4 Å². The summed E-state index contributed by atoms with van der Waals surface area (Å²) in [7, 11) is 0. The zero-order chi connectivity index (χ0) is 26.0. The molecule has 1 fully saturated rings. The number of aliphatic hydroxyl groups is 1. The van der Waals surface area contributed by atoms with Crippen molar-refractivity contribution >= 4 is 38.5 Å². The predicted octanol–water partition coefficient (Wildman–Crippen LogP) is 3.42. The lowest BCUT2D eigenvalue weighted by Crippen LogP contribution is -2.36. The van der Waals surface area contributed by atoms with Crippen LogP contribution in [0.4, 0.5) is 15.7 Å². The molecule has 5 rings (SSSR count). The standard InChI is InChI=1S/C25H28N8O3S/c1-4-26-23(34)32-24-30-18-12-15(16-13-28-22(29-14-16)25(2,3)35)11-17(20(18)37-24)21-27-6-5-19(31-21)33-7-9-36-10-8-33/h5-6,11-14,35H,4,7-10H2,1-3H3,(H2,26,30,32,34). The molecule has 1 aliphatic heterocycles. The van der Waals surface area contributed by atoms with E-state index in [0.29, 0.717) is 42.1 Å². The molecule has 12 heteroatoms. The molecule has 1 saturated heterocycles. The molecule has 0 atom stereocenters. The van der Waals surface area contributed by atoms with Gasteiger partial charge in [0, 0.05) is 49.4 Å². The number of hydrogen-bond donors (Lipinski definition) is 3. The van der Waals surface area contributed by atoms with Crippen molar-refractivity contribution in [1.29, 1.82) is 0 Å². The minimum atomic E-state index is -1.14. The Morgan fingerprint density at radius 1 is 1.14 bits per heavy atom. The summed E-state index contributed by atoms with van der Waals surface area (Å²) in [4.78, 5) is 37.1. The van der Waals surface area contributed by atoms with Crippen LogP contribution in [0.1, 0.15) is 26.6 Å². The number of ether oxygens (including phenoxy) is 1. The Bertz CT molecular complexity index is 1410. The number of benzene rings is 1. The van der Waals surface area contributed by atoms with Gasteiger partial charge in [-0.15, -0.1) is 0 Å². The van der Waals surface area contributed by atoms with E-state index in [0.717, 1.165) is 40.3 Å². The second kappa shape index (κ2) is 10.3. The molecule has 0 saturated carbocycles. The lowest BCUT2D eigenvalue weighted by molar-refractivity contribution is 0.0687. The highest BCUT2D eigenvalue weighted by molar-refractivity contribution is 7.22. The van der Waals surface area contributed by atoms with Crippen LogP contribution in [-0.4, -0.2) is 68.9 Å². The molecule has 4 aromatic rings. The molecular weight excluding hydrogens is 492 g/mol. The third-order valence-electron chi connectivity index (χ3n) is 5.80. The lowest BCUT2D eigenvalue weighted by Gasteiger charge is -2.27. The van der Waals surface area contributed by atoms with Crippen molar-refractivity contribution in [3.05, 3.63) is 42.6 Å². The van der Waals surface area contributed by atoms with E-state index < -0.39 is 5.60 Å². The highest BCUT2D eigenvalue weighted by Gasteiger charge is 2.21. The van der Waals surface area contributed by atoms with Crippen LogP contribution in [0.2, 0.25) is 0 Å². The maximum Gasteiger partial charge on any atom is 0.321 e. The van der Waals surface area contributed by atoms with Crippen LogP contribution in [0.3, 0.4) is 0 Å². The van der Waals surface area contributed by atoms with Crippen molar-refractivity contribution in [1.82, 2.24) is 30.2 Å². The second-order valence-electron chi connectivity index (χ2n) is 9.07. The van der Waals surface area contributed by atoms with E-state index in [2.05, 4.69) is 35.5 Å². The molecule has 2 amide bonds. The molecule has 4 heterocycles. The summed E-state index contributed by atoms with van der Waals surface area (Å²) < 4.78 is 6.33. The molecule has 0 bridgehead atoms. The maximum absolute atomic E-state index is 12.1. The fourth-order valence-electron chi connectivity index (χ4n) is 3.96. The van der Waals surface area contributed by atoms with E-state index >= 15 is 0 Å². The van der Waals surface area contributed by atoms with Gasteiger partial charge >= 0.3 is 6.03 Å². The Morgan fingerprint density at radius 3 is 2.59 bits per heavy atom. The zero-order valence-corrected chi connectivity index (χ0v) is 21.7. The molecule has 0 spiro atoms. The van der Waals surface area contributed by atoms with Crippen LogP contribution in [-0.2, 0) is 10.3 Å².